The van der Waals surface area contributed by atoms with Crippen LogP contribution in [-0.4, -0.2) is 48.4 Å². The Labute approximate surface area is 109 Å². The Kier molecular flexibility index (Phi) is 4.31. The molecule has 18 heavy (non-hydrogen) atoms. The Balaban J connectivity index is 2.01. The second kappa shape index (κ2) is 5.96. The number of hydrogen-bond acceptors (Lipinski definition) is 4. The van der Waals surface area contributed by atoms with Crippen molar-refractivity contribution in [3.8, 4) is 0 Å². The first-order valence-corrected chi connectivity index (χ1v) is 6.68. The van der Waals surface area contributed by atoms with E-state index in [1.54, 1.807) is 6.20 Å². The second-order valence-corrected chi connectivity index (χ2v) is 4.68. The van der Waals surface area contributed by atoms with Gasteiger partial charge < -0.3 is 4.90 Å². The molecule has 98 valence electrons. The monoisotopic (exact) mass is 247 g/mol. The summed E-state index contributed by atoms with van der Waals surface area (Å²) in [6.45, 7) is 8.72. The van der Waals surface area contributed by atoms with Crippen LogP contribution in [0, 0.1) is 0 Å². The van der Waals surface area contributed by atoms with Crippen LogP contribution in [0.2, 0.25) is 0 Å². The predicted octanol–water partition coefficient (Wildman–Crippen LogP) is 1.81. The fourth-order valence-corrected chi connectivity index (χ4v) is 2.64. The number of anilines is 1. The number of carbonyl (C=O) groups excluding carboxylic acids is 1. The molecule has 0 spiro atoms. The normalized spacial score (nSPS) is 19.5. The minimum atomic E-state index is 0.632. The molecule has 2 rings (SSSR count). The van der Waals surface area contributed by atoms with E-state index >= 15 is 0 Å². The van der Waals surface area contributed by atoms with Crippen molar-refractivity contribution in [2.75, 3.05) is 31.1 Å². The van der Waals surface area contributed by atoms with Gasteiger partial charge in [-0.25, -0.2) is 4.98 Å². The molecule has 4 nitrogen and oxygen atoms in total. The van der Waals surface area contributed by atoms with E-state index in [2.05, 4.69) is 28.6 Å². The van der Waals surface area contributed by atoms with Gasteiger partial charge in [-0.2, -0.15) is 0 Å². The molecule has 1 aliphatic heterocycles. The predicted molar refractivity (Wildman–Crippen MR) is 73.2 cm³/mol. The standard InChI is InChI=1S/C14H21N3O/c1-3-16(4-2)13-7-8-17(10-13)14-6-5-12(11-18)9-15-14/h5-6,9,11,13H,3-4,7-8,10H2,1-2H3. The lowest BCUT2D eigenvalue weighted by Crippen LogP contribution is -2.37. The van der Waals surface area contributed by atoms with Crippen LogP contribution in [0.25, 0.3) is 0 Å². The number of rotatable bonds is 5. The number of likely N-dealkylation sites (N-methyl/N-ethyl adjacent to an activating group) is 1. The highest BCUT2D eigenvalue weighted by atomic mass is 16.1. The Bertz CT molecular complexity index is 387. The maximum Gasteiger partial charge on any atom is 0.151 e. The molecular formula is C14H21N3O. The number of hydrogen-bond donors (Lipinski definition) is 0. The number of aldehydes is 1. The van der Waals surface area contributed by atoms with E-state index in [-0.39, 0.29) is 0 Å². The van der Waals surface area contributed by atoms with Gasteiger partial charge in [-0.05, 0) is 31.6 Å². The molecule has 1 unspecified atom stereocenters. The van der Waals surface area contributed by atoms with Crippen LogP contribution in [0.4, 0.5) is 5.82 Å². The smallest absolute Gasteiger partial charge is 0.151 e. The van der Waals surface area contributed by atoms with Gasteiger partial charge in [0.15, 0.2) is 6.29 Å². The fraction of sp³-hybridized carbons (Fsp3) is 0.571. The fourth-order valence-electron chi connectivity index (χ4n) is 2.64. The average molecular weight is 247 g/mol. The summed E-state index contributed by atoms with van der Waals surface area (Å²) >= 11 is 0. The van der Waals surface area contributed by atoms with Gasteiger partial charge in [0, 0.05) is 30.9 Å². The molecule has 0 N–H and O–H groups in total. The first-order chi connectivity index (χ1) is 8.78. The summed E-state index contributed by atoms with van der Waals surface area (Å²) in [4.78, 5) is 19.8. The molecule has 0 radical (unpaired) electrons. The number of aromatic nitrogens is 1. The number of nitrogens with zero attached hydrogens (tertiary/aromatic N) is 3. The van der Waals surface area contributed by atoms with Crippen LogP contribution in [-0.2, 0) is 0 Å². The van der Waals surface area contributed by atoms with Crippen LogP contribution in [0.15, 0.2) is 18.3 Å². The van der Waals surface area contributed by atoms with Crippen molar-refractivity contribution in [1.82, 2.24) is 9.88 Å². The average Bonchev–Trinajstić information content (AvgIpc) is 2.90. The van der Waals surface area contributed by atoms with Crippen LogP contribution < -0.4 is 4.90 Å². The van der Waals surface area contributed by atoms with Gasteiger partial charge in [-0.15, -0.1) is 0 Å². The minimum Gasteiger partial charge on any atom is -0.355 e. The lowest BCUT2D eigenvalue weighted by Gasteiger charge is -2.26. The summed E-state index contributed by atoms with van der Waals surface area (Å²) in [6, 6.07) is 4.40. The molecule has 0 saturated carbocycles. The largest absolute Gasteiger partial charge is 0.355 e. The zero-order valence-corrected chi connectivity index (χ0v) is 11.2. The summed E-state index contributed by atoms with van der Waals surface area (Å²) in [7, 11) is 0. The third-order valence-corrected chi connectivity index (χ3v) is 3.72. The van der Waals surface area contributed by atoms with Crippen molar-refractivity contribution in [2.24, 2.45) is 0 Å². The summed E-state index contributed by atoms with van der Waals surface area (Å²) in [5.41, 5.74) is 0.637. The molecule has 1 saturated heterocycles. The van der Waals surface area contributed by atoms with E-state index < -0.39 is 0 Å². The highest BCUT2D eigenvalue weighted by Crippen LogP contribution is 2.21. The molecule has 1 aromatic heterocycles. The number of pyridine rings is 1. The molecule has 0 aromatic carbocycles. The van der Waals surface area contributed by atoms with E-state index in [1.807, 2.05) is 12.1 Å². The highest BCUT2D eigenvalue weighted by Gasteiger charge is 2.26. The lowest BCUT2D eigenvalue weighted by atomic mass is 10.2. The van der Waals surface area contributed by atoms with Crippen LogP contribution >= 0.6 is 0 Å². The van der Waals surface area contributed by atoms with Gasteiger partial charge in [0.05, 0.1) is 0 Å². The lowest BCUT2D eigenvalue weighted by molar-refractivity contribution is 0.112. The molecule has 1 aromatic rings. The Morgan fingerprint density at radius 2 is 2.22 bits per heavy atom. The SMILES string of the molecule is CCN(CC)C1CCN(c2ccc(C=O)cn2)C1. The maximum atomic E-state index is 10.6. The van der Waals surface area contributed by atoms with E-state index in [9.17, 15) is 4.79 Å². The Hall–Kier alpha value is -1.42. The van der Waals surface area contributed by atoms with E-state index in [0.29, 0.717) is 11.6 Å². The zero-order chi connectivity index (χ0) is 13.0. The van der Waals surface area contributed by atoms with Gasteiger partial charge in [0.2, 0.25) is 0 Å². The minimum absolute atomic E-state index is 0.632. The van der Waals surface area contributed by atoms with Gasteiger partial charge in [-0.1, -0.05) is 13.8 Å². The molecular weight excluding hydrogens is 226 g/mol. The summed E-state index contributed by atoms with van der Waals surface area (Å²) in [6.07, 6.45) is 3.67. The van der Waals surface area contributed by atoms with E-state index in [4.69, 9.17) is 0 Å². The maximum absolute atomic E-state index is 10.6. The van der Waals surface area contributed by atoms with Crippen LogP contribution in [0.5, 0.6) is 0 Å². The third kappa shape index (κ3) is 2.70. The quantitative estimate of drug-likeness (QED) is 0.744. The van der Waals surface area contributed by atoms with E-state index in [0.717, 1.165) is 38.3 Å². The van der Waals surface area contributed by atoms with Crippen molar-refractivity contribution in [3.05, 3.63) is 23.9 Å². The Morgan fingerprint density at radius 3 is 2.78 bits per heavy atom. The molecule has 1 fully saturated rings. The molecule has 1 atom stereocenters. The van der Waals surface area contributed by atoms with Crippen molar-refractivity contribution in [2.45, 2.75) is 26.3 Å². The van der Waals surface area contributed by atoms with Gasteiger partial charge in [0.1, 0.15) is 5.82 Å². The van der Waals surface area contributed by atoms with Gasteiger partial charge in [-0.3, -0.25) is 9.69 Å². The van der Waals surface area contributed by atoms with Crippen LogP contribution in [0.3, 0.4) is 0 Å². The first-order valence-electron chi connectivity index (χ1n) is 6.68. The van der Waals surface area contributed by atoms with Crippen LogP contribution in [0.1, 0.15) is 30.6 Å². The molecule has 0 bridgehead atoms. The van der Waals surface area contributed by atoms with Gasteiger partial charge in [0.25, 0.3) is 0 Å². The second-order valence-electron chi connectivity index (χ2n) is 4.68. The van der Waals surface area contributed by atoms with Crippen molar-refractivity contribution in [3.63, 3.8) is 0 Å². The molecule has 0 aliphatic carbocycles. The number of carbonyl (C=O) groups is 1. The zero-order valence-electron chi connectivity index (χ0n) is 11.2. The molecule has 0 amide bonds. The summed E-state index contributed by atoms with van der Waals surface area (Å²) < 4.78 is 0. The van der Waals surface area contributed by atoms with Crippen molar-refractivity contribution < 1.29 is 4.79 Å². The van der Waals surface area contributed by atoms with Crippen molar-refractivity contribution >= 4 is 12.1 Å². The first kappa shape index (κ1) is 13.0. The van der Waals surface area contributed by atoms with Crippen molar-refractivity contribution in [1.29, 1.82) is 0 Å². The topological polar surface area (TPSA) is 36.4 Å². The molecule has 2 heterocycles. The third-order valence-electron chi connectivity index (χ3n) is 3.72. The highest BCUT2D eigenvalue weighted by molar-refractivity contribution is 5.74. The summed E-state index contributed by atoms with van der Waals surface area (Å²) in [5, 5.41) is 0. The van der Waals surface area contributed by atoms with E-state index in [1.165, 1.54) is 6.42 Å². The molecule has 4 heteroatoms. The Morgan fingerprint density at radius 1 is 1.44 bits per heavy atom. The van der Waals surface area contributed by atoms with Gasteiger partial charge >= 0.3 is 0 Å². The molecule has 1 aliphatic rings. The summed E-state index contributed by atoms with van der Waals surface area (Å²) in [5.74, 6) is 0.982.